The molecule has 3 heterocycles. The number of nitrogens with one attached hydrogen (secondary N) is 3. The molecule has 0 radical (unpaired) electrons. The standard InChI is InChI=1S/C45H62N4O12Si/c1-26-21-28-12-11-27(2)31(14-13-29-23-30(24-38(52)59-29)61-62(6,7)45(3,4)5)39(28)35(22-26)60-44(56)46-17-18-57-19-20-58-25-37(51)47-33-10-8-9-32-40(33)43(55)49(42(32)54)34-15-16-36(50)48-41(34)53/h8-12,21,26-27,29-31,34-35,39H,13-20,22-25H2,1-7H3,(H,46,56)(H,47,51)(H,48,50,53)/t26-,27-,29+,30+,31-,34?,35-,39-/m0/s1. The molecule has 338 valence electrons. The molecule has 2 saturated heterocycles. The minimum absolute atomic E-state index is 0.00539. The molecular formula is C45H62N4O12Si. The lowest BCUT2D eigenvalue weighted by Crippen LogP contribution is -2.54. The van der Waals surface area contributed by atoms with Crippen molar-refractivity contribution in [1.29, 1.82) is 0 Å². The third-order valence-corrected chi connectivity index (χ3v) is 17.6. The number of carbonyl (C=O) groups excluding carboxylic acids is 7. The maximum Gasteiger partial charge on any atom is 0.407 e. The molecule has 0 spiro atoms. The second-order valence-electron chi connectivity index (χ2n) is 18.7. The second-order valence-corrected chi connectivity index (χ2v) is 23.4. The number of piperidine rings is 1. The fourth-order valence-corrected chi connectivity index (χ4v) is 10.3. The number of hydrogen-bond donors (Lipinski definition) is 3. The molecule has 1 aromatic carbocycles. The van der Waals surface area contributed by atoms with Crippen molar-refractivity contribution in [3.63, 3.8) is 0 Å². The highest BCUT2D eigenvalue weighted by molar-refractivity contribution is 6.74. The largest absolute Gasteiger partial charge is 0.462 e. The number of hydrogen-bond acceptors (Lipinski definition) is 12. The van der Waals surface area contributed by atoms with E-state index in [4.69, 9.17) is 23.4 Å². The van der Waals surface area contributed by atoms with Crippen LogP contribution in [0.15, 0.2) is 42.0 Å². The summed E-state index contributed by atoms with van der Waals surface area (Å²) in [5, 5.41) is 7.59. The minimum atomic E-state index is -2.06. The van der Waals surface area contributed by atoms with Gasteiger partial charge in [0.1, 0.15) is 24.9 Å². The number of anilines is 1. The third-order valence-electron chi connectivity index (χ3n) is 13.0. The smallest absolute Gasteiger partial charge is 0.407 e. The number of allylic oxidation sites excluding steroid dienone is 3. The van der Waals surface area contributed by atoms with Gasteiger partial charge in [0.15, 0.2) is 8.32 Å². The number of nitrogens with zero attached hydrogens (tertiary/aromatic N) is 1. The van der Waals surface area contributed by atoms with Crippen LogP contribution in [0.3, 0.4) is 0 Å². The number of benzene rings is 1. The van der Waals surface area contributed by atoms with Crippen molar-refractivity contribution in [2.45, 2.75) is 122 Å². The van der Waals surface area contributed by atoms with Crippen molar-refractivity contribution < 1.29 is 56.9 Å². The van der Waals surface area contributed by atoms with Gasteiger partial charge in [0.05, 0.1) is 49.2 Å². The normalized spacial score (nSPS) is 27.5. The zero-order chi connectivity index (χ0) is 44.9. The fraction of sp³-hybridized carbons (Fsp3) is 0.622. The van der Waals surface area contributed by atoms with Crippen molar-refractivity contribution in [2.75, 3.05) is 38.3 Å². The van der Waals surface area contributed by atoms with E-state index in [0.29, 0.717) is 19.3 Å². The molecule has 0 aromatic heterocycles. The molecular weight excluding hydrogens is 817 g/mol. The topological polar surface area (TPSA) is 205 Å². The maximum absolute atomic E-state index is 13.3. The Labute approximate surface area is 364 Å². The van der Waals surface area contributed by atoms with Crippen LogP contribution in [0, 0.1) is 23.7 Å². The Balaban J connectivity index is 0.910. The van der Waals surface area contributed by atoms with E-state index in [1.54, 1.807) is 0 Å². The van der Waals surface area contributed by atoms with E-state index in [-0.39, 0.29) is 122 Å². The van der Waals surface area contributed by atoms with Gasteiger partial charge in [-0.2, -0.15) is 0 Å². The quantitative estimate of drug-likeness (QED) is 0.0823. The highest BCUT2D eigenvalue weighted by Crippen LogP contribution is 2.46. The predicted octanol–water partition coefficient (Wildman–Crippen LogP) is 5.44. The van der Waals surface area contributed by atoms with E-state index in [2.05, 4.69) is 81.9 Å². The zero-order valence-corrected chi connectivity index (χ0v) is 37.9. The number of alkyl carbamates (subject to hydrolysis) is 1. The van der Waals surface area contributed by atoms with E-state index in [1.165, 1.54) is 23.8 Å². The lowest BCUT2D eigenvalue weighted by Gasteiger charge is -2.44. The average molecular weight is 879 g/mol. The summed E-state index contributed by atoms with van der Waals surface area (Å²) in [6.07, 6.45) is 8.64. The fourth-order valence-electron chi connectivity index (χ4n) is 8.90. The summed E-state index contributed by atoms with van der Waals surface area (Å²) in [6.45, 7) is 15.6. The Morgan fingerprint density at radius 1 is 0.984 bits per heavy atom. The van der Waals surface area contributed by atoms with E-state index in [9.17, 15) is 33.6 Å². The van der Waals surface area contributed by atoms with Gasteiger partial charge in [-0.1, -0.05) is 58.9 Å². The number of fused-ring (bicyclic) bond motifs is 2. The van der Waals surface area contributed by atoms with Gasteiger partial charge in [-0.3, -0.25) is 39.0 Å². The molecule has 2 aliphatic carbocycles. The molecule has 1 unspecified atom stereocenters. The summed E-state index contributed by atoms with van der Waals surface area (Å²) in [4.78, 5) is 89.7. The molecule has 17 heteroatoms. The first-order chi connectivity index (χ1) is 29.3. The van der Waals surface area contributed by atoms with Crippen molar-refractivity contribution in [1.82, 2.24) is 15.5 Å². The second kappa shape index (κ2) is 19.8. The van der Waals surface area contributed by atoms with Crippen molar-refractivity contribution in [3.8, 4) is 0 Å². The van der Waals surface area contributed by atoms with Gasteiger partial charge in [0.25, 0.3) is 11.8 Å². The lowest BCUT2D eigenvalue weighted by molar-refractivity contribution is -0.160. The molecule has 6 amide bonds. The lowest BCUT2D eigenvalue weighted by atomic mass is 9.65. The third kappa shape index (κ3) is 11.1. The van der Waals surface area contributed by atoms with Gasteiger partial charge >= 0.3 is 12.1 Å². The number of ether oxygens (including phenoxy) is 4. The SMILES string of the molecule is C[C@H]1C=C2C=C[C@H](C)[C@H](CC[C@@H]3C[C@@H](O[Si](C)(C)C(C)(C)C)CC(=O)O3)[C@H]2[C@@H](OC(=O)NCCOCCOCC(=O)Nc2cccc3c2C(=O)N(C2CCC(=O)NC2=O)C3=O)C1. The highest BCUT2D eigenvalue weighted by Gasteiger charge is 2.47. The van der Waals surface area contributed by atoms with Crippen molar-refractivity contribution in [2.24, 2.45) is 23.7 Å². The van der Waals surface area contributed by atoms with Crippen LogP contribution >= 0.6 is 0 Å². The van der Waals surface area contributed by atoms with Gasteiger partial charge in [0, 0.05) is 25.3 Å². The molecule has 8 atom stereocenters. The van der Waals surface area contributed by atoms with Gasteiger partial charge in [0.2, 0.25) is 17.7 Å². The molecule has 0 bridgehead atoms. The zero-order valence-electron chi connectivity index (χ0n) is 36.9. The number of esters is 1. The average Bonchev–Trinajstić information content (AvgIpc) is 3.43. The number of imide groups is 2. The van der Waals surface area contributed by atoms with Crippen LogP contribution < -0.4 is 16.0 Å². The van der Waals surface area contributed by atoms with Crippen LogP contribution in [-0.2, 0) is 42.6 Å². The first-order valence-corrected chi connectivity index (χ1v) is 24.8. The molecule has 6 rings (SSSR count). The molecule has 0 saturated carbocycles. The van der Waals surface area contributed by atoms with Crippen LogP contribution in [0.5, 0.6) is 0 Å². The number of rotatable bonds is 16. The first-order valence-electron chi connectivity index (χ1n) is 21.8. The molecule has 1 aromatic rings. The van der Waals surface area contributed by atoms with Crippen LogP contribution in [0.1, 0.15) is 100 Å². The predicted molar refractivity (Wildman–Crippen MR) is 229 cm³/mol. The summed E-state index contributed by atoms with van der Waals surface area (Å²) in [5.74, 6) is -2.70. The van der Waals surface area contributed by atoms with Gasteiger partial charge in [-0.15, -0.1) is 0 Å². The van der Waals surface area contributed by atoms with E-state index in [0.717, 1.165) is 11.3 Å². The molecule has 2 fully saturated rings. The van der Waals surface area contributed by atoms with Gasteiger partial charge in [-0.25, -0.2) is 4.79 Å². The van der Waals surface area contributed by atoms with Crippen molar-refractivity contribution >= 4 is 55.6 Å². The molecule has 5 aliphatic rings. The summed E-state index contributed by atoms with van der Waals surface area (Å²) in [6, 6.07) is 3.31. The Hall–Kier alpha value is -4.71. The number of cyclic esters (lactones) is 1. The number of amides is 6. The summed E-state index contributed by atoms with van der Waals surface area (Å²) in [5.41, 5.74) is 1.29. The van der Waals surface area contributed by atoms with Crippen LogP contribution in [-0.4, -0.2) is 112 Å². The Bertz CT molecular complexity index is 1980. The molecule has 16 nitrogen and oxygen atoms in total. The Kier molecular flexibility index (Phi) is 14.9. The first kappa shape index (κ1) is 46.8. The van der Waals surface area contributed by atoms with E-state index >= 15 is 0 Å². The van der Waals surface area contributed by atoms with E-state index < -0.39 is 50.0 Å². The monoisotopic (exact) mass is 878 g/mol. The molecule has 3 N–H and O–H groups in total. The van der Waals surface area contributed by atoms with Crippen LogP contribution in [0.2, 0.25) is 18.1 Å². The van der Waals surface area contributed by atoms with Crippen LogP contribution in [0.25, 0.3) is 0 Å². The van der Waals surface area contributed by atoms with Crippen LogP contribution in [0.4, 0.5) is 10.5 Å². The minimum Gasteiger partial charge on any atom is -0.462 e. The summed E-state index contributed by atoms with van der Waals surface area (Å²) < 4.78 is 29.6. The molecule has 3 aliphatic heterocycles. The Morgan fingerprint density at radius 2 is 1.74 bits per heavy atom. The Morgan fingerprint density at radius 3 is 2.48 bits per heavy atom. The highest BCUT2D eigenvalue weighted by atomic mass is 28.4. The number of carbonyl (C=O) groups is 7. The summed E-state index contributed by atoms with van der Waals surface area (Å²) >= 11 is 0. The van der Waals surface area contributed by atoms with Crippen molar-refractivity contribution in [3.05, 3.63) is 53.1 Å². The maximum atomic E-state index is 13.3. The van der Waals surface area contributed by atoms with E-state index in [1.807, 2.05) is 0 Å². The van der Waals surface area contributed by atoms with Gasteiger partial charge in [-0.05, 0) is 79.3 Å². The summed E-state index contributed by atoms with van der Waals surface area (Å²) in [7, 11) is -2.06. The molecule has 62 heavy (non-hydrogen) atoms. The van der Waals surface area contributed by atoms with Gasteiger partial charge < -0.3 is 34.0 Å².